The van der Waals surface area contributed by atoms with E-state index in [1.165, 1.54) is 25.8 Å². The summed E-state index contributed by atoms with van der Waals surface area (Å²) in [5, 5.41) is 0. The Morgan fingerprint density at radius 2 is 2.06 bits per heavy atom. The summed E-state index contributed by atoms with van der Waals surface area (Å²) in [6, 6.07) is 0.863. The van der Waals surface area contributed by atoms with E-state index in [9.17, 15) is 0 Å². The third-order valence-corrected chi connectivity index (χ3v) is 5.02. The summed E-state index contributed by atoms with van der Waals surface area (Å²) in [5.74, 6) is 0. The molecule has 0 spiro atoms. The van der Waals surface area contributed by atoms with Gasteiger partial charge in [0.05, 0.1) is 13.2 Å². The molecule has 18 heavy (non-hydrogen) atoms. The highest BCUT2D eigenvalue weighted by Gasteiger charge is 2.50. The van der Waals surface area contributed by atoms with Crippen molar-refractivity contribution in [3.63, 3.8) is 0 Å². The fourth-order valence-corrected chi connectivity index (χ4v) is 3.87. The van der Waals surface area contributed by atoms with Crippen molar-refractivity contribution in [2.24, 2.45) is 5.73 Å². The fourth-order valence-electron chi connectivity index (χ4n) is 3.87. The van der Waals surface area contributed by atoms with E-state index >= 15 is 0 Å². The maximum atomic E-state index is 6.19. The highest BCUT2D eigenvalue weighted by molar-refractivity contribution is 5.07. The number of ether oxygens (including phenoxy) is 1. The summed E-state index contributed by atoms with van der Waals surface area (Å²) in [6.45, 7) is 10.5. The van der Waals surface area contributed by atoms with Crippen LogP contribution < -0.4 is 5.73 Å². The Morgan fingerprint density at radius 1 is 1.28 bits per heavy atom. The van der Waals surface area contributed by atoms with Gasteiger partial charge in [-0.15, -0.1) is 0 Å². The van der Waals surface area contributed by atoms with Crippen molar-refractivity contribution in [1.82, 2.24) is 9.80 Å². The topological polar surface area (TPSA) is 41.7 Å². The van der Waals surface area contributed by atoms with Gasteiger partial charge in [-0.3, -0.25) is 9.80 Å². The van der Waals surface area contributed by atoms with Crippen molar-refractivity contribution in [2.75, 3.05) is 39.4 Å². The van der Waals surface area contributed by atoms with Crippen LogP contribution in [-0.2, 0) is 4.74 Å². The van der Waals surface area contributed by atoms with Crippen LogP contribution in [0.1, 0.15) is 33.1 Å². The highest BCUT2D eigenvalue weighted by atomic mass is 16.5. The zero-order valence-electron chi connectivity index (χ0n) is 11.8. The molecule has 4 nitrogen and oxygen atoms in total. The number of morpholine rings is 1. The molecule has 104 valence electrons. The minimum absolute atomic E-state index is 0.122. The lowest BCUT2D eigenvalue weighted by atomic mass is 9.88. The van der Waals surface area contributed by atoms with Crippen LogP contribution in [0.15, 0.2) is 0 Å². The average molecular weight is 253 g/mol. The molecule has 2 saturated heterocycles. The summed E-state index contributed by atoms with van der Waals surface area (Å²) in [4.78, 5) is 5.31. The third-order valence-electron chi connectivity index (χ3n) is 5.02. The normalized spacial score (nSPS) is 38.2. The van der Waals surface area contributed by atoms with Crippen LogP contribution in [0, 0.1) is 0 Å². The summed E-state index contributed by atoms with van der Waals surface area (Å²) in [5.41, 5.74) is 6.51. The number of nitrogens with two attached hydrogens (primary N) is 1. The number of hydrogen-bond acceptors (Lipinski definition) is 4. The molecule has 2 aliphatic heterocycles. The second kappa shape index (κ2) is 4.44. The van der Waals surface area contributed by atoms with Gasteiger partial charge in [-0.25, -0.2) is 0 Å². The van der Waals surface area contributed by atoms with Crippen molar-refractivity contribution in [1.29, 1.82) is 0 Å². The Kier molecular flexibility index (Phi) is 3.17. The lowest BCUT2D eigenvalue weighted by Gasteiger charge is -2.52. The van der Waals surface area contributed by atoms with Crippen molar-refractivity contribution in [3.05, 3.63) is 0 Å². The van der Waals surface area contributed by atoms with Crippen molar-refractivity contribution in [2.45, 2.75) is 50.2 Å². The van der Waals surface area contributed by atoms with Gasteiger partial charge in [-0.2, -0.15) is 0 Å². The average Bonchev–Trinajstić information content (AvgIpc) is 3.10. The molecule has 3 rings (SSSR count). The molecule has 1 aliphatic carbocycles. The van der Waals surface area contributed by atoms with Gasteiger partial charge in [0.25, 0.3) is 0 Å². The van der Waals surface area contributed by atoms with Crippen LogP contribution in [0.2, 0.25) is 0 Å². The second-order valence-corrected chi connectivity index (χ2v) is 6.90. The number of nitrogens with zero attached hydrogens (tertiary/aromatic N) is 2. The molecule has 0 aromatic heterocycles. The molecule has 2 heterocycles. The minimum Gasteiger partial charge on any atom is -0.378 e. The van der Waals surface area contributed by atoms with E-state index in [1.54, 1.807) is 0 Å². The van der Waals surface area contributed by atoms with E-state index in [1.807, 2.05) is 0 Å². The van der Waals surface area contributed by atoms with Crippen LogP contribution in [0.4, 0.5) is 0 Å². The van der Waals surface area contributed by atoms with Gasteiger partial charge in [-0.1, -0.05) is 0 Å². The Balaban J connectivity index is 1.78. The van der Waals surface area contributed by atoms with Crippen LogP contribution in [0.25, 0.3) is 0 Å². The Labute approximate surface area is 110 Å². The molecule has 3 aliphatic rings. The molecule has 3 fully saturated rings. The van der Waals surface area contributed by atoms with Gasteiger partial charge in [0, 0.05) is 43.3 Å². The van der Waals surface area contributed by atoms with Crippen LogP contribution in [0.3, 0.4) is 0 Å². The Hall–Kier alpha value is -0.160. The molecule has 1 saturated carbocycles. The van der Waals surface area contributed by atoms with Gasteiger partial charge in [-0.05, 0) is 33.1 Å². The summed E-state index contributed by atoms with van der Waals surface area (Å²) < 4.78 is 5.65. The highest BCUT2D eigenvalue weighted by Crippen LogP contribution is 2.39. The molecule has 0 aromatic rings. The van der Waals surface area contributed by atoms with Crippen molar-refractivity contribution in [3.8, 4) is 0 Å². The van der Waals surface area contributed by atoms with E-state index < -0.39 is 0 Å². The molecule has 0 bridgehead atoms. The van der Waals surface area contributed by atoms with E-state index in [4.69, 9.17) is 10.5 Å². The summed E-state index contributed by atoms with van der Waals surface area (Å²) >= 11 is 0. The van der Waals surface area contributed by atoms with Crippen LogP contribution >= 0.6 is 0 Å². The standard InChI is InChI=1S/C14H27N3O/c1-13(2)11-18-8-7-17(13)14(9-15)5-6-16(10-14)12-3-4-12/h12H,3-11,15H2,1-2H3. The first kappa shape index (κ1) is 12.9. The van der Waals surface area contributed by atoms with E-state index in [0.29, 0.717) is 0 Å². The first-order valence-corrected chi connectivity index (χ1v) is 7.37. The maximum Gasteiger partial charge on any atom is 0.0645 e. The molecule has 0 radical (unpaired) electrons. The first-order chi connectivity index (χ1) is 8.57. The van der Waals surface area contributed by atoms with Crippen LogP contribution in [0.5, 0.6) is 0 Å². The molecule has 0 aromatic carbocycles. The number of rotatable bonds is 3. The van der Waals surface area contributed by atoms with Gasteiger partial charge in [0.2, 0.25) is 0 Å². The van der Waals surface area contributed by atoms with Crippen LogP contribution in [-0.4, -0.2) is 66.3 Å². The number of hydrogen-bond donors (Lipinski definition) is 1. The van der Waals surface area contributed by atoms with Gasteiger partial charge < -0.3 is 10.5 Å². The zero-order valence-corrected chi connectivity index (χ0v) is 11.8. The Bertz CT molecular complexity index is 316. The number of likely N-dealkylation sites (tertiary alicyclic amines) is 1. The minimum atomic E-state index is 0.122. The largest absolute Gasteiger partial charge is 0.378 e. The molecule has 4 heteroatoms. The fraction of sp³-hybridized carbons (Fsp3) is 1.00. The predicted octanol–water partition coefficient (Wildman–Crippen LogP) is 0.663. The maximum absolute atomic E-state index is 6.19. The van der Waals surface area contributed by atoms with E-state index in [2.05, 4.69) is 23.6 Å². The van der Waals surface area contributed by atoms with Gasteiger partial charge >= 0.3 is 0 Å². The third kappa shape index (κ3) is 2.09. The molecular formula is C14H27N3O. The molecule has 0 amide bonds. The SMILES string of the molecule is CC1(C)COCCN1C1(CN)CCN(C2CC2)C1. The monoisotopic (exact) mass is 253 g/mol. The Morgan fingerprint density at radius 3 is 2.67 bits per heavy atom. The quantitative estimate of drug-likeness (QED) is 0.802. The lowest BCUT2D eigenvalue weighted by molar-refractivity contribution is -0.100. The lowest BCUT2D eigenvalue weighted by Crippen LogP contribution is -2.67. The van der Waals surface area contributed by atoms with E-state index in [0.717, 1.165) is 38.9 Å². The molecule has 1 atom stereocenters. The predicted molar refractivity (Wildman–Crippen MR) is 72.6 cm³/mol. The smallest absolute Gasteiger partial charge is 0.0645 e. The van der Waals surface area contributed by atoms with Gasteiger partial charge in [0.15, 0.2) is 0 Å². The zero-order chi connectivity index (χ0) is 12.8. The first-order valence-electron chi connectivity index (χ1n) is 7.37. The molecule has 2 N–H and O–H groups in total. The molecular weight excluding hydrogens is 226 g/mol. The van der Waals surface area contributed by atoms with Crippen molar-refractivity contribution < 1.29 is 4.74 Å². The summed E-state index contributed by atoms with van der Waals surface area (Å²) in [7, 11) is 0. The van der Waals surface area contributed by atoms with Gasteiger partial charge in [0.1, 0.15) is 0 Å². The second-order valence-electron chi connectivity index (χ2n) is 6.90. The molecule has 1 unspecified atom stereocenters. The summed E-state index contributed by atoms with van der Waals surface area (Å²) in [6.07, 6.45) is 4.02. The van der Waals surface area contributed by atoms with Crippen molar-refractivity contribution >= 4 is 0 Å². The van der Waals surface area contributed by atoms with E-state index in [-0.39, 0.29) is 11.1 Å².